The Morgan fingerprint density at radius 2 is 1.62 bits per heavy atom. The molecule has 0 saturated carbocycles. The van der Waals surface area contributed by atoms with Crippen molar-refractivity contribution in [3.63, 3.8) is 0 Å². The van der Waals surface area contributed by atoms with Crippen molar-refractivity contribution in [2.24, 2.45) is 0 Å². The molecule has 138 valence electrons. The van der Waals surface area contributed by atoms with Gasteiger partial charge >= 0.3 is 5.97 Å². The Balaban J connectivity index is 1.74. The summed E-state index contributed by atoms with van der Waals surface area (Å²) in [4.78, 5) is 24.0. The molecule has 5 heteroatoms. The summed E-state index contributed by atoms with van der Waals surface area (Å²) in [6.45, 7) is 5.97. The Bertz CT molecular complexity index is 711. The van der Waals surface area contributed by atoms with Gasteiger partial charge in [-0.05, 0) is 42.7 Å². The fraction of sp³-hybridized carbons (Fsp3) is 0.333. The van der Waals surface area contributed by atoms with Crippen LogP contribution in [0.15, 0.2) is 54.6 Å². The number of para-hydroxylation sites is 1. The van der Waals surface area contributed by atoms with Gasteiger partial charge < -0.3 is 14.8 Å². The van der Waals surface area contributed by atoms with Crippen molar-refractivity contribution < 1.29 is 19.1 Å². The van der Waals surface area contributed by atoms with E-state index in [2.05, 4.69) is 19.2 Å². The number of carbonyl (C=O) groups excluding carboxylic acids is 2. The molecule has 5 nitrogen and oxygen atoms in total. The summed E-state index contributed by atoms with van der Waals surface area (Å²) in [5.74, 6) is 0.284. The van der Waals surface area contributed by atoms with Crippen molar-refractivity contribution in [1.29, 1.82) is 0 Å². The van der Waals surface area contributed by atoms with E-state index in [1.807, 2.05) is 54.6 Å². The maximum atomic E-state index is 12.1. The average molecular weight is 355 g/mol. The number of nitrogens with one attached hydrogen (secondary N) is 1. The topological polar surface area (TPSA) is 64.6 Å². The Hall–Kier alpha value is -2.82. The number of rotatable bonds is 8. The normalized spacial score (nSPS) is 11.7. The summed E-state index contributed by atoms with van der Waals surface area (Å²) in [5, 5.41) is 2.75. The SMILES string of the molecule is CC(C)c1ccc(NC(=O)[C@H](C)OC(=O)CCOc2ccccc2)cc1. The molecule has 0 aromatic heterocycles. The molecule has 0 heterocycles. The third-order valence-corrected chi connectivity index (χ3v) is 3.84. The highest BCUT2D eigenvalue weighted by atomic mass is 16.5. The molecule has 0 spiro atoms. The minimum atomic E-state index is -0.871. The molecule has 2 rings (SSSR count). The van der Waals surface area contributed by atoms with E-state index >= 15 is 0 Å². The maximum Gasteiger partial charge on any atom is 0.310 e. The van der Waals surface area contributed by atoms with Crippen LogP contribution >= 0.6 is 0 Å². The minimum absolute atomic E-state index is 0.0790. The Morgan fingerprint density at radius 3 is 2.23 bits per heavy atom. The molecule has 0 fully saturated rings. The minimum Gasteiger partial charge on any atom is -0.493 e. The molecule has 0 aliphatic heterocycles. The van der Waals surface area contributed by atoms with E-state index in [-0.39, 0.29) is 18.9 Å². The van der Waals surface area contributed by atoms with Crippen LogP contribution in [0, 0.1) is 0 Å². The highest BCUT2D eigenvalue weighted by Gasteiger charge is 2.18. The lowest BCUT2D eigenvalue weighted by molar-refractivity contribution is -0.153. The number of benzene rings is 2. The molecule has 0 aliphatic rings. The first kappa shape index (κ1) is 19.5. The molecular formula is C21H25NO4. The monoisotopic (exact) mass is 355 g/mol. The van der Waals surface area contributed by atoms with E-state index in [4.69, 9.17) is 9.47 Å². The summed E-state index contributed by atoms with van der Waals surface area (Å²) in [7, 11) is 0. The largest absolute Gasteiger partial charge is 0.493 e. The molecule has 0 radical (unpaired) electrons. The summed E-state index contributed by atoms with van der Waals surface area (Å²) >= 11 is 0. The quantitative estimate of drug-likeness (QED) is 0.723. The van der Waals surface area contributed by atoms with Crippen molar-refractivity contribution in [1.82, 2.24) is 0 Å². The van der Waals surface area contributed by atoms with Gasteiger partial charge in [-0.2, -0.15) is 0 Å². The molecule has 0 unspecified atom stereocenters. The number of hydrogen-bond donors (Lipinski definition) is 1. The number of carbonyl (C=O) groups is 2. The second-order valence-electron chi connectivity index (χ2n) is 6.31. The molecule has 0 bridgehead atoms. The maximum absolute atomic E-state index is 12.1. The lowest BCUT2D eigenvalue weighted by Crippen LogP contribution is -2.30. The molecule has 26 heavy (non-hydrogen) atoms. The van der Waals surface area contributed by atoms with Crippen LogP contribution in [0.1, 0.15) is 38.7 Å². The van der Waals surface area contributed by atoms with Crippen LogP contribution in [-0.4, -0.2) is 24.6 Å². The first-order valence-corrected chi connectivity index (χ1v) is 8.74. The standard InChI is InChI=1S/C21H25NO4/c1-15(2)17-9-11-18(12-10-17)22-21(24)16(3)26-20(23)13-14-25-19-7-5-4-6-8-19/h4-12,15-16H,13-14H2,1-3H3,(H,22,24)/t16-/m0/s1. The van der Waals surface area contributed by atoms with Crippen LogP contribution in [0.4, 0.5) is 5.69 Å². The zero-order chi connectivity index (χ0) is 18.9. The van der Waals surface area contributed by atoms with Crippen LogP contribution in [0.25, 0.3) is 0 Å². The van der Waals surface area contributed by atoms with Gasteiger partial charge in [-0.15, -0.1) is 0 Å². The van der Waals surface area contributed by atoms with E-state index in [1.165, 1.54) is 5.56 Å². The third-order valence-electron chi connectivity index (χ3n) is 3.84. The van der Waals surface area contributed by atoms with Crippen LogP contribution < -0.4 is 10.1 Å². The Kier molecular flexibility index (Phi) is 7.21. The Labute approximate surface area is 154 Å². The second-order valence-corrected chi connectivity index (χ2v) is 6.31. The van der Waals surface area contributed by atoms with E-state index in [0.29, 0.717) is 17.4 Å². The number of esters is 1. The van der Waals surface area contributed by atoms with E-state index in [0.717, 1.165) is 0 Å². The lowest BCUT2D eigenvalue weighted by Gasteiger charge is -2.14. The van der Waals surface area contributed by atoms with Crippen molar-refractivity contribution in [3.05, 3.63) is 60.2 Å². The summed E-state index contributed by atoms with van der Waals surface area (Å²) in [6, 6.07) is 16.8. The highest BCUT2D eigenvalue weighted by Crippen LogP contribution is 2.17. The molecule has 2 aromatic carbocycles. The van der Waals surface area contributed by atoms with Gasteiger partial charge in [-0.1, -0.05) is 44.2 Å². The lowest BCUT2D eigenvalue weighted by atomic mass is 10.0. The van der Waals surface area contributed by atoms with Gasteiger partial charge in [0.1, 0.15) is 5.75 Å². The molecule has 0 saturated heterocycles. The fourth-order valence-corrected chi connectivity index (χ4v) is 2.27. The first-order valence-electron chi connectivity index (χ1n) is 8.74. The number of anilines is 1. The highest BCUT2D eigenvalue weighted by molar-refractivity contribution is 5.95. The molecule has 1 N–H and O–H groups in total. The molecule has 2 aromatic rings. The molecule has 1 amide bonds. The van der Waals surface area contributed by atoms with Crippen molar-refractivity contribution >= 4 is 17.6 Å². The zero-order valence-corrected chi connectivity index (χ0v) is 15.4. The first-order chi connectivity index (χ1) is 12.5. The van der Waals surface area contributed by atoms with E-state index < -0.39 is 12.1 Å². The van der Waals surface area contributed by atoms with Crippen LogP contribution in [-0.2, 0) is 14.3 Å². The van der Waals surface area contributed by atoms with Crippen LogP contribution in [0.5, 0.6) is 5.75 Å². The van der Waals surface area contributed by atoms with Gasteiger partial charge in [0, 0.05) is 5.69 Å². The second kappa shape index (κ2) is 9.61. The van der Waals surface area contributed by atoms with Gasteiger partial charge in [-0.3, -0.25) is 9.59 Å². The van der Waals surface area contributed by atoms with Gasteiger partial charge in [0.25, 0.3) is 5.91 Å². The summed E-state index contributed by atoms with van der Waals surface area (Å²) < 4.78 is 10.6. The van der Waals surface area contributed by atoms with Gasteiger partial charge in [0.15, 0.2) is 6.10 Å². The molecular weight excluding hydrogens is 330 g/mol. The number of amides is 1. The van der Waals surface area contributed by atoms with Crippen molar-refractivity contribution in [2.45, 2.75) is 39.2 Å². The van der Waals surface area contributed by atoms with E-state index in [9.17, 15) is 9.59 Å². The smallest absolute Gasteiger partial charge is 0.310 e. The number of hydrogen-bond acceptors (Lipinski definition) is 4. The predicted molar refractivity (Wildman–Crippen MR) is 101 cm³/mol. The fourth-order valence-electron chi connectivity index (χ4n) is 2.27. The molecule has 1 atom stereocenters. The van der Waals surface area contributed by atoms with Gasteiger partial charge in [0.2, 0.25) is 0 Å². The van der Waals surface area contributed by atoms with Gasteiger partial charge in [-0.25, -0.2) is 0 Å². The predicted octanol–water partition coefficient (Wildman–Crippen LogP) is 4.15. The zero-order valence-electron chi connectivity index (χ0n) is 15.4. The number of ether oxygens (including phenoxy) is 2. The third kappa shape index (κ3) is 6.24. The molecule has 0 aliphatic carbocycles. The van der Waals surface area contributed by atoms with Gasteiger partial charge in [0.05, 0.1) is 13.0 Å². The van der Waals surface area contributed by atoms with Crippen molar-refractivity contribution in [2.75, 3.05) is 11.9 Å². The summed E-state index contributed by atoms with van der Waals surface area (Å²) in [6.07, 6.45) is -0.792. The van der Waals surface area contributed by atoms with Crippen LogP contribution in [0.3, 0.4) is 0 Å². The average Bonchev–Trinajstić information content (AvgIpc) is 2.63. The Morgan fingerprint density at radius 1 is 0.962 bits per heavy atom. The summed E-state index contributed by atoms with van der Waals surface area (Å²) in [5.41, 5.74) is 1.87. The van der Waals surface area contributed by atoms with E-state index in [1.54, 1.807) is 6.92 Å². The van der Waals surface area contributed by atoms with Crippen LogP contribution in [0.2, 0.25) is 0 Å². The van der Waals surface area contributed by atoms with Crippen molar-refractivity contribution in [3.8, 4) is 5.75 Å².